The normalized spacial score (nSPS) is 10.3. The molecule has 0 fully saturated rings. The highest BCUT2D eigenvalue weighted by atomic mass is 35.5. The van der Waals surface area contributed by atoms with Gasteiger partial charge in [0, 0.05) is 5.69 Å². The van der Waals surface area contributed by atoms with E-state index in [-0.39, 0.29) is 0 Å². The van der Waals surface area contributed by atoms with Crippen LogP contribution < -0.4 is 5.32 Å². The first-order valence-electron chi connectivity index (χ1n) is 6.53. The van der Waals surface area contributed by atoms with Gasteiger partial charge in [0.2, 0.25) is 0 Å². The molecule has 0 aromatic heterocycles. The molecule has 0 aliphatic carbocycles. The lowest BCUT2D eigenvalue weighted by molar-refractivity contribution is -0.147. The lowest BCUT2D eigenvalue weighted by atomic mass is 10.0. The molecule has 2 N–H and O–H groups in total. The van der Waals surface area contributed by atoms with Crippen molar-refractivity contribution in [3.05, 3.63) is 63.6 Å². The molecule has 0 aliphatic heterocycles. The highest BCUT2D eigenvalue weighted by Gasteiger charge is 2.10. The molecule has 2 aromatic carbocycles. The average molecular weight is 338 g/mol. The number of anilines is 1. The molecule has 0 spiro atoms. The summed E-state index contributed by atoms with van der Waals surface area (Å²) in [5.41, 5.74) is 2.60. The quantitative estimate of drug-likeness (QED) is 0.834. The molecule has 22 heavy (non-hydrogen) atoms. The maximum atomic E-state index is 11.0. The number of hydrogen-bond acceptors (Lipinski definition) is 2. The number of benzene rings is 2. The number of halogens is 2. The van der Waals surface area contributed by atoms with Gasteiger partial charge in [0.1, 0.15) is 0 Å². The summed E-state index contributed by atoms with van der Waals surface area (Å²) in [6.45, 7) is 0. The minimum atomic E-state index is -1.51. The first kappa shape index (κ1) is 16.3. The predicted octanol–water partition coefficient (Wildman–Crippen LogP) is 3.80. The van der Waals surface area contributed by atoms with Gasteiger partial charge in [-0.1, -0.05) is 41.4 Å². The predicted molar refractivity (Wildman–Crippen MR) is 86.6 cm³/mol. The lowest BCUT2D eigenvalue weighted by Gasteiger charge is -2.06. The maximum absolute atomic E-state index is 11.0. The van der Waals surface area contributed by atoms with E-state index in [1.54, 1.807) is 18.2 Å². The summed E-state index contributed by atoms with van der Waals surface area (Å²) in [5, 5.41) is 11.9. The van der Waals surface area contributed by atoms with Crippen LogP contribution in [0.15, 0.2) is 42.5 Å². The Kier molecular flexibility index (Phi) is 5.41. The topological polar surface area (TPSA) is 66.4 Å². The highest BCUT2D eigenvalue weighted by Crippen LogP contribution is 2.23. The van der Waals surface area contributed by atoms with Crippen LogP contribution in [0.4, 0.5) is 5.69 Å². The molecule has 0 bridgehead atoms. The Morgan fingerprint density at radius 1 is 0.909 bits per heavy atom. The number of carboxylic acid groups (broad SMARTS) is 1. The lowest BCUT2D eigenvalue weighted by Crippen LogP contribution is -2.21. The Labute approximate surface area is 137 Å². The van der Waals surface area contributed by atoms with Crippen molar-refractivity contribution in [3.63, 3.8) is 0 Å². The van der Waals surface area contributed by atoms with Crippen LogP contribution in [-0.4, -0.2) is 17.0 Å². The average Bonchev–Trinajstić information content (AvgIpc) is 2.49. The zero-order valence-electron chi connectivity index (χ0n) is 11.5. The van der Waals surface area contributed by atoms with E-state index in [0.29, 0.717) is 15.7 Å². The molecule has 4 nitrogen and oxygen atoms in total. The minimum Gasteiger partial charge on any atom is -0.474 e. The molecule has 0 saturated heterocycles. The number of amides is 1. The summed E-state index contributed by atoms with van der Waals surface area (Å²) in [5.74, 6) is -2.56. The monoisotopic (exact) mass is 337 g/mol. The molecule has 0 aliphatic rings. The molecule has 114 valence electrons. The van der Waals surface area contributed by atoms with Crippen LogP contribution in [0, 0.1) is 0 Å². The molecule has 0 saturated carbocycles. The van der Waals surface area contributed by atoms with E-state index >= 15 is 0 Å². The SMILES string of the molecule is O=C(O)C(=O)Nc1ccc(CCc2ccc(Cl)c(Cl)c2)cc1. The van der Waals surface area contributed by atoms with Gasteiger partial charge in [-0.25, -0.2) is 4.79 Å². The molecule has 2 rings (SSSR count). The van der Waals surface area contributed by atoms with Gasteiger partial charge in [0.15, 0.2) is 0 Å². The molecule has 0 heterocycles. The molecular formula is C16H13Cl2NO3. The smallest absolute Gasteiger partial charge is 0.394 e. The molecule has 0 radical (unpaired) electrons. The van der Waals surface area contributed by atoms with E-state index in [1.165, 1.54) is 0 Å². The van der Waals surface area contributed by atoms with E-state index in [4.69, 9.17) is 28.3 Å². The van der Waals surface area contributed by atoms with Crippen molar-refractivity contribution in [3.8, 4) is 0 Å². The standard InChI is InChI=1S/C16H13Cl2NO3/c17-13-8-5-11(9-14(13)18)2-1-10-3-6-12(7-4-10)19-15(20)16(21)22/h3-9H,1-2H2,(H,19,20)(H,21,22). The largest absolute Gasteiger partial charge is 0.474 e. The van der Waals surface area contributed by atoms with Crippen LogP contribution in [0.2, 0.25) is 10.0 Å². The molecule has 6 heteroatoms. The van der Waals surface area contributed by atoms with E-state index in [9.17, 15) is 9.59 Å². The van der Waals surface area contributed by atoms with E-state index < -0.39 is 11.9 Å². The Hall–Kier alpha value is -2.04. The first-order valence-corrected chi connectivity index (χ1v) is 7.28. The first-order chi connectivity index (χ1) is 10.5. The number of hydrogen-bond donors (Lipinski definition) is 2. The third-order valence-electron chi connectivity index (χ3n) is 3.09. The van der Waals surface area contributed by atoms with Crippen LogP contribution in [0.5, 0.6) is 0 Å². The molecule has 1 amide bonds. The van der Waals surface area contributed by atoms with Crippen LogP contribution >= 0.6 is 23.2 Å². The van der Waals surface area contributed by atoms with Crippen molar-refractivity contribution in [2.24, 2.45) is 0 Å². The number of rotatable bonds is 4. The van der Waals surface area contributed by atoms with Crippen molar-refractivity contribution in [1.29, 1.82) is 0 Å². The number of aliphatic carboxylic acids is 1. The van der Waals surface area contributed by atoms with Gasteiger partial charge in [0.25, 0.3) is 0 Å². The Morgan fingerprint density at radius 3 is 2.09 bits per heavy atom. The fourth-order valence-electron chi connectivity index (χ4n) is 1.92. The fraction of sp³-hybridized carbons (Fsp3) is 0.125. The zero-order valence-corrected chi connectivity index (χ0v) is 13.0. The summed E-state index contributed by atoms with van der Waals surface area (Å²) in [7, 11) is 0. The van der Waals surface area contributed by atoms with Crippen LogP contribution in [0.1, 0.15) is 11.1 Å². The molecule has 0 unspecified atom stereocenters. The van der Waals surface area contributed by atoms with Crippen LogP contribution in [-0.2, 0) is 22.4 Å². The Bertz CT molecular complexity index is 699. The fourth-order valence-corrected chi connectivity index (χ4v) is 2.24. The Morgan fingerprint density at radius 2 is 1.50 bits per heavy atom. The second kappa shape index (κ2) is 7.29. The van der Waals surface area contributed by atoms with Gasteiger partial charge < -0.3 is 10.4 Å². The second-order valence-electron chi connectivity index (χ2n) is 4.70. The van der Waals surface area contributed by atoms with Crippen molar-refractivity contribution < 1.29 is 14.7 Å². The highest BCUT2D eigenvalue weighted by molar-refractivity contribution is 6.42. The third kappa shape index (κ3) is 4.48. The second-order valence-corrected chi connectivity index (χ2v) is 5.52. The van der Waals surface area contributed by atoms with E-state index in [2.05, 4.69) is 5.32 Å². The minimum absolute atomic E-state index is 0.450. The van der Waals surface area contributed by atoms with Crippen molar-refractivity contribution >= 4 is 40.8 Å². The van der Waals surface area contributed by atoms with Gasteiger partial charge >= 0.3 is 11.9 Å². The number of nitrogens with one attached hydrogen (secondary N) is 1. The van der Waals surface area contributed by atoms with E-state index in [0.717, 1.165) is 24.0 Å². The van der Waals surface area contributed by atoms with Crippen molar-refractivity contribution in [2.75, 3.05) is 5.32 Å². The van der Waals surface area contributed by atoms with Crippen molar-refractivity contribution in [1.82, 2.24) is 0 Å². The molecule has 2 aromatic rings. The summed E-state index contributed by atoms with van der Waals surface area (Å²) in [6, 6.07) is 12.6. The number of carbonyl (C=O) groups excluding carboxylic acids is 1. The van der Waals surface area contributed by atoms with Gasteiger partial charge in [-0.05, 0) is 48.2 Å². The number of carboxylic acids is 1. The van der Waals surface area contributed by atoms with Crippen LogP contribution in [0.25, 0.3) is 0 Å². The van der Waals surface area contributed by atoms with Crippen molar-refractivity contribution in [2.45, 2.75) is 12.8 Å². The molecule has 0 atom stereocenters. The van der Waals surface area contributed by atoms with Gasteiger partial charge in [-0.2, -0.15) is 0 Å². The van der Waals surface area contributed by atoms with E-state index in [1.807, 2.05) is 24.3 Å². The maximum Gasteiger partial charge on any atom is 0.394 e. The van der Waals surface area contributed by atoms with Gasteiger partial charge in [-0.3, -0.25) is 4.79 Å². The number of carbonyl (C=O) groups is 2. The Balaban J connectivity index is 1.95. The summed E-state index contributed by atoms with van der Waals surface area (Å²) >= 11 is 11.8. The number of aryl methyl sites for hydroxylation is 2. The van der Waals surface area contributed by atoms with Crippen LogP contribution in [0.3, 0.4) is 0 Å². The third-order valence-corrected chi connectivity index (χ3v) is 3.83. The summed E-state index contributed by atoms with van der Waals surface area (Å²) in [4.78, 5) is 21.5. The molecular weight excluding hydrogens is 325 g/mol. The summed E-state index contributed by atoms with van der Waals surface area (Å²) < 4.78 is 0. The zero-order chi connectivity index (χ0) is 16.1. The van der Waals surface area contributed by atoms with Gasteiger partial charge in [0.05, 0.1) is 10.0 Å². The van der Waals surface area contributed by atoms with Gasteiger partial charge in [-0.15, -0.1) is 0 Å². The summed E-state index contributed by atoms with van der Waals surface area (Å²) in [6.07, 6.45) is 1.60.